The predicted octanol–water partition coefficient (Wildman–Crippen LogP) is 4.44. The van der Waals surface area contributed by atoms with Crippen LogP contribution in [0.15, 0.2) is 72.8 Å². The van der Waals surface area contributed by atoms with Gasteiger partial charge in [-0.3, -0.25) is 19.2 Å². The number of rotatable bonds is 15. The number of anilines is 1. The van der Waals surface area contributed by atoms with E-state index in [0.717, 1.165) is 27.9 Å². The molecule has 2 atom stereocenters. The van der Waals surface area contributed by atoms with Crippen LogP contribution in [0.5, 0.6) is 0 Å². The smallest absolute Gasteiger partial charge is 0.303 e. The molecule has 1 aliphatic rings. The molecule has 4 rings (SSSR count). The Morgan fingerprint density at radius 3 is 2.40 bits per heavy atom. The first kappa shape index (κ1) is 35.3. The van der Waals surface area contributed by atoms with Crippen LogP contribution < -0.4 is 20.9 Å². The topological polar surface area (TPSA) is 148 Å². The van der Waals surface area contributed by atoms with Gasteiger partial charge in [-0.05, 0) is 80.8 Å². The first-order valence-corrected chi connectivity index (χ1v) is 16.2. The Kier molecular flexibility index (Phi) is 12.3. The minimum absolute atomic E-state index is 0.0737. The summed E-state index contributed by atoms with van der Waals surface area (Å²) < 4.78 is 0. The number of benzene rings is 3. The van der Waals surface area contributed by atoms with Gasteiger partial charge in [-0.25, -0.2) is 0 Å². The van der Waals surface area contributed by atoms with Gasteiger partial charge in [0.1, 0.15) is 6.04 Å². The van der Waals surface area contributed by atoms with Crippen molar-refractivity contribution in [3.63, 3.8) is 0 Å². The third-order valence-corrected chi connectivity index (χ3v) is 8.24. The van der Waals surface area contributed by atoms with Crippen LogP contribution in [0.25, 0.3) is 11.1 Å². The number of carboxylic acid groups (broad SMARTS) is 1. The van der Waals surface area contributed by atoms with Gasteiger partial charge in [-0.1, -0.05) is 60.7 Å². The summed E-state index contributed by atoms with van der Waals surface area (Å²) in [6.45, 7) is 6.53. The lowest BCUT2D eigenvalue weighted by molar-refractivity contribution is -0.137. The van der Waals surface area contributed by atoms with Crippen LogP contribution in [0.3, 0.4) is 0 Å². The van der Waals surface area contributed by atoms with Gasteiger partial charge < -0.3 is 31.1 Å². The number of carbonyl (C=O) groups is 4. The second-order valence-electron chi connectivity index (χ2n) is 12.9. The number of hydrogen-bond donors (Lipinski definition) is 5. The van der Waals surface area contributed by atoms with Crippen LogP contribution in [0, 0.1) is 0 Å². The third kappa shape index (κ3) is 10.2. The molecule has 3 aromatic carbocycles. The first-order valence-electron chi connectivity index (χ1n) is 16.2. The maximum Gasteiger partial charge on any atom is 0.303 e. The van der Waals surface area contributed by atoms with Crippen LogP contribution in [-0.2, 0) is 27.3 Å². The highest BCUT2D eigenvalue weighted by atomic mass is 16.4. The number of aliphatic hydroxyl groups excluding tert-OH is 1. The Morgan fingerprint density at radius 2 is 1.68 bits per heavy atom. The number of carbonyl (C=O) groups excluding carboxylic acids is 3. The molecule has 1 heterocycles. The average Bonchev–Trinajstić information content (AvgIpc) is 3.16. The molecule has 0 unspecified atom stereocenters. The Balaban J connectivity index is 1.47. The van der Waals surface area contributed by atoms with E-state index in [-0.39, 0.29) is 30.6 Å². The molecule has 0 saturated heterocycles. The molecule has 10 heteroatoms. The molecule has 5 N–H and O–H groups in total. The van der Waals surface area contributed by atoms with Crippen molar-refractivity contribution in [3.8, 4) is 11.1 Å². The molecule has 0 saturated carbocycles. The van der Waals surface area contributed by atoms with Gasteiger partial charge in [-0.2, -0.15) is 0 Å². The lowest BCUT2D eigenvalue weighted by Crippen LogP contribution is -2.51. The number of aliphatic carboxylic acids is 1. The molecule has 47 heavy (non-hydrogen) atoms. The Bertz CT molecular complexity index is 1550. The van der Waals surface area contributed by atoms with E-state index in [0.29, 0.717) is 50.9 Å². The van der Waals surface area contributed by atoms with E-state index in [4.69, 9.17) is 5.11 Å². The molecular formula is C37H46N4O6. The van der Waals surface area contributed by atoms with Crippen molar-refractivity contribution >= 4 is 29.4 Å². The number of β-amino-alcohol motifs (C(OH)–C–C–N with tert-alkyl or cyclic N) is 1. The number of aryl methyl sites for hydroxylation is 1. The maximum absolute atomic E-state index is 14.0. The summed E-state index contributed by atoms with van der Waals surface area (Å²) in [5, 5.41) is 27.5. The molecule has 1 aliphatic heterocycles. The fourth-order valence-electron chi connectivity index (χ4n) is 5.75. The average molecular weight is 643 g/mol. The van der Waals surface area contributed by atoms with Crippen molar-refractivity contribution in [1.82, 2.24) is 16.0 Å². The van der Waals surface area contributed by atoms with Crippen LogP contribution in [0.4, 0.5) is 5.69 Å². The summed E-state index contributed by atoms with van der Waals surface area (Å²) in [5.74, 6) is -1.47. The third-order valence-electron chi connectivity index (χ3n) is 8.24. The summed E-state index contributed by atoms with van der Waals surface area (Å²) in [7, 11) is 0. The quantitative estimate of drug-likeness (QED) is 0.154. The second kappa shape index (κ2) is 16.3. The van der Waals surface area contributed by atoms with Crippen molar-refractivity contribution in [1.29, 1.82) is 0 Å². The monoisotopic (exact) mass is 642 g/mol. The van der Waals surface area contributed by atoms with Gasteiger partial charge in [0.2, 0.25) is 11.8 Å². The van der Waals surface area contributed by atoms with Gasteiger partial charge in [-0.15, -0.1) is 0 Å². The molecule has 3 aromatic rings. The number of hydrogen-bond acceptors (Lipinski definition) is 6. The Labute approximate surface area is 276 Å². The van der Waals surface area contributed by atoms with E-state index in [1.807, 2.05) is 80.6 Å². The van der Waals surface area contributed by atoms with Crippen molar-refractivity contribution in [2.75, 3.05) is 18.0 Å². The van der Waals surface area contributed by atoms with E-state index in [1.54, 1.807) is 17.9 Å². The van der Waals surface area contributed by atoms with Gasteiger partial charge in [0.15, 0.2) is 0 Å². The largest absolute Gasteiger partial charge is 0.481 e. The molecule has 3 amide bonds. The number of unbranched alkanes of at least 4 members (excludes halogenated alkanes) is 1. The summed E-state index contributed by atoms with van der Waals surface area (Å²) in [4.78, 5) is 52.5. The minimum atomic E-state index is -0.848. The molecule has 0 aromatic heterocycles. The second-order valence-corrected chi connectivity index (χ2v) is 12.9. The molecule has 0 fully saturated rings. The number of nitrogens with one attached hydrogen (secondary N) is 3. The zero-order valence-corrected chi connectivity index (χ0v) is 27.4. The van der Waals surface area contributed by atoms with Crippen LogP contribution in [-0.4, -0.2) is 64.7 Å². The number of carboxylic acids is 1. The maximum atomic E-state index is 14.0. The van der Waals surface area contributed by atoms with Crippen LogP contribution in [0.1, 0.15) is 74.4 Å². The fraction of sp³-hybridized carbons (Fsp3) is 0.405. The molecular weight excluding hydrogens is 596 g/mol. The lowest BCUT2D eigenvalue weighted by Gasteiger charge is -2.29. The standard InChI is InChI=1S/C37H46N4O6/c1-25(42)23-39-37(2,3)22-33(43)40-31-20-19-28-10-4-7-13-32(28)41(36(31)47)24-26-15-17-27(18-16-26)29-11-5-6-12-30(29)35(46)38-21-9-8-14-34(44)45/h4-7,10-13,15-18,25,31,39,42H,8-9,14,19-24H2,1-3H3,(H,38,46)(H,40,43)(H,44,45)/t25-,31-/m1/s1. The summed E-state index contributed by atoms with van der Waals surface area (Å²) >= 11 is 0. The minimum Gasteiger partial charge on any atom is -0.481 e. The first-order chi connectivity index (χ1) is 22.4. The highest BCUT2D eigenvalue weighted by Crippen LogP contribution is 2.30. The highest BCUT2D eigenvalue weighted by Gasteiger charge is 2.32. The molecule has 0 aliphatic carbocycles. The van der Waals surface area contributed by atoms with Crippen molar-refractivity contribution in [2.24, 2.45) is 0 Å². The van der Waals surface area contributed by atoms with E-state index < -0.39 is 23.7 Å². The SMILES string of the molecule is C[C@@H](O)CNC(C)(C)CC(=O)N[C@@H]1CCc2ccccc2N(Cc2ccc(-c3ccccc3C(=O)NCCCCC(=O)O)cc2)C1=O. The lowest BCUT2D eigenvalue weighted by atomic mass is 9.98. The number of aliphatic hydroxyl groups is 1. The van der Waals surface area contributed by atoms with Gasteiger partial charge in [0.05, 0.1) is 12.6 Å². The molecule has 0 bridgehead atoms. The van der Waals surface area contributed by atoms with Gasteiger partial charge in [0.25, 0.3) is 5.91 Å². The van der Waals surface area contributed by atoms with E-state index >= 15 is 0 Å². The zero-order valence-electron chi connectivity index (χ0n) is 27.4. The highest BCUT2D eigenvalue weighted by molar-refractivity contribution is 6.01. The van der Waals surface area contributed by atoms with Crippen molar-refractivity contribution < 1.29 is 29.4 Å². The summed E-state index contributed by atoms with van der Waals surface area (Å²) in [6.07, 6.45) is 1.89. The fourth-order valence-corrected chi connectivity index (χ4v) is 5.75. The van der Waals surface area contributed by atoms with Crippen LogP contribution in [0.2, 0.25) is 0 Å². The van der Waals surface area contributed by atoms with Crippen molar-refractivity contribution in [3.05, 3.63) is 89.5 Å². The number of fused-ring (bicyclic) bond motifs is 1. The normalized spacial score (nSPS) is 15.4. The molecule has 0 radical (unpaired) electrons. The zero-order chi connectivity index (χ0) is 34.0. The summed E-state index contributed by atoms with van der Waals surface area (Å²) in [6, 6.07) is 22.2. The van der Waals surface area contributed by atoms with Gasteiger partial charge in [0, 0.05) is 42.7 Å². The van der Waals surface area contributed by atoms with E-state index in [9.17, 15) is 24.3 Å². The number of amides is 3. The molecule has 10 nitrogen and oxygen atoms in total. The molecule has 250 valence electrons. The Morgan fingerprint density at radius 1 is 0.979 bits per heavy atom. The predicted molar refractivity (Wildman–Crippen MR) is 182 cm³/mol. The van der Waals surface area contributed by atoms with E-state index in [1.165, 1.54) is 0 Å². The Hall–Kier alpha value is -4.54. The van der Waals surface area contributed by atoms with Crippen molar-refractivity contribution in [2.45, 2.75) is 83.5 Å². The van der Waals surface area contributed by atoms with E-state index in [2.05, 4.69) is 16.0 Å². The number of nitrogens with zero attached hydrogens (tertiary/aromatic N) is 1. The van der Waals surface area contributed by atoms with Crippen LogP contribution >= 0.6 is 0 Å². The van der Waals surface area contributed by atoms with Gasteiger partial charge >= 0.3 is 5.97 Å². The summed E-state index contributed by atoms with van der Waals surface area (Å²) in [5.41, 5.74) is 4.35. The molecule has 0 spiro atoms. The number of para-hydroxylation sites is 1.